The fourth-order valence-electron chi connectivity index (χ4n) is 5.51. The van der Waals surface area contributed by atoms with Gasteiger partial charge in [0, 0.05) is 24.1 Å². The van der Waals surface area contributed by atoms with Gasteiger partial charge in [0.1, 0.15) is 11.5 Å². The summed E-state index contributed by atoms with van der Waals surface area (Å²) in [6, 6.07) is 17.3. The standard InChI is InChI=1S/C26H33NO2/c1-17(2)19-7-5-18(6-8-19)16-26(3)20-9-14-23(24(28)15-20)25(26)27-21-10-12-22(29-4)13-11-21/h5-8,10-13,17,20,23,25,27H,9,14-16H2,1-4H3. The first-order chi connectivity index (χ1) is 13.9. The molecule has 3 heteroatoms. The average molecular weight is 392 g/mol. The number of hydrogen-bond donors (Lipinski definition) is 1. The summed E-state index contributed by atoms with van der Waals surface area (Å²) >= 11 is 0. The Morgan fingerprint density at radius 1 is 1.07 bits per heavy atom. The Labute approximate surface area is 174 Å². The number of carbonyl (C=O) groups excluding carboxylic acids is 1. The fourth-order valence-corrected chi connectivity index (χ4v) is 5.51. The van der Waals surface area contributed by atoms with Crippen molar-refractivity contribution in [3.05, 3.63) is 59.7 Å². The molecule has 2 aromatic rings. The van der Waals surface area contributed by atoms with Gasteiger partial charge < -0.3 is 10.1 Å². The number of hydrogen-bond acceptors (Lipinski definition) is 3. The van der Waals surface area contributed by atoms with Crippen LogP contribution in [0.5, 0.6) is 5.75 Å². The molecule has 1 N–H and O–H groups in total. The predicted octanol–water partition coefficient (Wildman–Crippen LogP) is 5.85. The zero-order valence-corrected chi connectivity index (χ0v) is 18.1. The molecule has 3 nitrogen and oxygen atoms in total. The highest BCUT2D eigenvalue weighted by atomic mass is 16.5. The van der Waals surface area contributed by atoms with Crippen LogP contribution in [0.25, 0.3) is 0 Å². The highest BCUT2D eigenvalue weighted by molar-refractivity contribution is 5.84. The third-order valence-corrected chi connectivity index (χ3v) is 7.38. The van der Waals surface area contributed by atoms with Gasteiger partial charge in [0.2, 0.25) is 0 Å². The number of nitrogens with one attached hydrogen (secondary N) is 1. The number of anilines is 1. The minimum Gasteiger partial charge on any atom is -0.497 e. The minimum atomic E-state index is 0.0656. The molecule has 3 saturated carbocycles. The average Bonchev–Trinajstić information content (AvgIpc) is 2.72. The van der Waals surface area contributed by atoms with Crippen molar-refractivity contribution in [2.24, 2.45) is 17.3 Å². The molecule has 3 fully saturated rings. The zero-order valence-electron chi connectivity index (χ0n) is 18.1. The largest absolute Gasteiger partial charge is 0.497 e. The van der Waals surface area contributed by atoms with E-state index in [1.165, 1.54) is 11.1 Å². The molecule has 0 amide bonds. The highest BCUT2D eigenvalue weighted by Gasteiger charge is 2.55. The molecule has 4 atom stereocenters. The van der Waals surface area contributed by atoms with Crippen molar-refractivity contribution in [3.63, 3.8) is 0 Å². The summed E-state index contributed by atoms with van der Waals surface area (Å²) < 4.78 is 5.29. The van der Waals surface area contributed by atoms with E-state index in [4.69, 9.17) is 4.74 Å². The SMILES string of the molecule is COc1ccc(NC2C3CCC(CC3=O)C2(C)Cc2ccc(C(C)C)cc2)cc1. The molecule has 3 aliphatic carbocycles. The van der Waals surface area contributed by atoms with Crippen molar-refractivity contribution >= 4 is 11.5 Å². The van der Waals surface area contributed by atoms with Gasteiger partial charge in [-0.05, 0) is 71.9 Å². The van der Waals surface area contributed by atoms with Gasteiger partial charge in [0.15, 0.2) is 0 Å². The summed E-state index contributed by atoms with van der Waals surface area (Å²) in [5.41, 5.74) is 3.89. The second kappa shape index (κ2) is 7.85. The summed E-state index contributed by atoms with van der Waals surface area (Å²) in [4.78, 5) is 12.8. The Morgan fingerprint density at radius 3 is 2.34 bits per heavy atom. The summed E-state index contributed by atoms with van der Waals surface area (Å²) in [5.74, 6) is 2.40. The summed E-state index contributed by atoms with van der Waals surface area (Å²) in [5, 5.41) is 3.76. The Balaban J connectivity index is 1.61. The van der Waals surface area contributed by atoms with Crippen molar-refractivity contribution in [2.75, 3.05) is 12.4 Å². The van der Waals surface area contributed by atoms with Crippen LogP contribution in [0.2, 0.25) is 0 Å². The minimum absolute atomic E-state index is 0.0656. The summed E-state index contributed by atoms with van der Waals surface area (Å²) in [7, 11) is 1.68. The third kappa shape index (κ3) is 3.80. The van der Waals surface area contributed by atoms with Crippen molar-refractivity contribution in [2.45, 2.75) is 58.4 Å². The maximum absolute atomic E-state index is 12.8. The van der Waals surface area contributed by atoms with Crippen LogP contribution in [-0.4, -0.2) is 18.9 Å². The van der Waals surface area contributed by atoms with Gasteiger partial charge in [-0.3, -0.25) is 4.79 Å². The molecule has 2 bridgehead atoms. The molecule has 0 spiro atoms. The van der Waals surface area contributed by atoms with E-state index < -0.39 is 0 Å². The predicted molar refractivity (Wildman–Crippen MR) is 119 cm³/mol. The van der Waals surface area contributed by atoms with Crippen LogP contribution < -0.4 is 10.1 Å². The third-order valence-electron chi connectivity index (χ3n) is 7.38. The highest BCUT2D eigenvalue weighted by Crippen LogP contribution is 2.53. The van der Waals surface area contributed by atoms with Crippen LogP contribution in [0.3, 0.4) is 0 Å². The van der Waals surface area contributed by atoms with Crippen molar-refractivity contribution in [3.8, 4) is 5.75 Å². The summed E-state index contributed by atoms with van der Waals surface area (Å²) in [6.07, 6.45) is 3.93. The van der Waals surface area contributed by atoms with Crippen LogP contribution >= 0.6 is 0 Å². The lowest BCUT2D eigenvalue weighted by molar-refractivity contribution is -0.137. The van der Waals surface area contributed by atoms with Gasteiger partial charge in [0.05, 0.1) is 7.11 Å². The normalized spacial score (nSPS) is 28.6. The second-order valence-electron chi connectivity index (χ2n) is 9.48. The van der Waals surface area contributed by atoms with Crippen molar-refractivity contribution < 1.29 is 9.53 Å². The van der Waals surface area contributed by atoms with Crippen molar-refractivity contribution in [1.29, 1.82) is 0 Å². The molecule has 2 aromatic carbocycles. The molecule has 0 radical (unpaired) electrons. The number of Topliss-reactive ketones (excluding diaryl/α,β-unsaturated/α-hetero) is 1. The van der Waals surface area contributed by atoms with Gasteiger partial charge in [-0.25, -0.2) is 0 Å². The van der Waals surface area contributed by atoms with E-state index in [9.17, 15) is 4.79 Å². The van der Waals surface area contributed by atoms with E-state index in [0.717, 1.165) is 37.1 Å². The quantitative estimate of drug-likeness (QED) is 0.671. The molecule has 0 aliphatic heterocycles. The molecule has 154 valence electrons. The van der Waals surface area contributed by atoms with Crippen LogP contribution in [0, 0.1) is 17.3 Å². The number of ether oxygens (including phenoxy) is 1. The van der Waals surface area contributed by atoms with Gasteiger partial charge >= 0.3 is 0 Å². The number of benzene rings is 2. The lowest BCUT2D eigenvalue weighted by Crippen LogP contribution is -2.59. The molecule has 29 heavy (non-hydrogen) atoms. The first kappa shape index (κ1) is 20.0. The van der Waals surface area contributed by atoms with Gasteiger partial charge in [-0.1, -0.05) is 45.0 Å². The molecule has 0 aromatic heterocycles. The van der Waals surface area contributed by atoms with E-state index in [1.807, 2.05) is 12.1 Å². The van der Waals surface area contributed by atoms with E-state index in [2.05, 4.69) is 62.5 Å². The second-order valence-corrected chi connectivity index (χ2v) is 9.48. The molecule has 0 heterocycles. The van der Waals surface area contributed by atoms with Crippen LogP contribution in [0.4, 0.5) is 5.69 Å². The molecular formula is C26H33NO2. The molecular weight excluding hydrogens is 358 g/mol. The van der Waals surface area contributed by atoms with Crippen molar-refractivity contribution in [1.82, 2.24) is 0 Å². The Morgan fingerprint density at radius 2 is 1.76 bits per heavy atom. The molecule has 0 saturated heterocycles. The van der Waals surface area contributed by atoms with Gasteiger partial charge in [0.25, 0.3) is 0 Å². The number of ketones is 1. The van der Waals surface area contributed by atoms with E-state index >= 15 is 0 Å². The smallest absolute Gasteiger partial charge is 0.138 e. The zero-order chi connectivity index (χ0) is 20.6. The lowest BCUT2D eigenvalue weighted by atomic mass is 9.51. The maximum atomic E-state index is 12.8. The number of carbonyl (C=O) groups is 1. The Kier molecular flexibility index (Phi) is 5.42. The Bertz CT molecular complexity index is 855. The lowest BCUT2D eigenvalue weighted by Gasteiger charge is -2.55. The molecule has 3 aliphatic rings. The van der Waals surface area contributed by atoms with Crippen LogP contribution in [-0.2, 0) is 11.2 Å². The van der Waals surface area contributed by atoms with Crippen LogP contribution in [0.15, 0.2) is 48.5 Å². The first-order valence-corrected chi connectivity index (χ1v) is 10.9. The van der Waals surface area contributed by atoms with Gasteiger partial charge in [-0.2, -0.15) is 0 Å². The molecule has 5 rings (SSSR count). The molecule has 4 unspecified atom stereocenters. The summed E-state index contributed by atoms with van der Waals surface area (Å²) in [6.45, 7) is 6.86. The van der Waals surface area contributed by atoms with Gasteiger partial charge in [-0.15, -0.1) is 0 Å². The fraction of sp³-hybridized carbons (Fsp3) is 0.500. The number of methoxy groups -OCH3 is 1. The monoisotopic (exact) mass is 391 g/mol. The Hall–Kier alpha value is -2.29. The van der Waals surface area contributed by atoms with Crippen LogP contribution in [0.1, 0.15) is 57.1 Å². The van der Waals surface area contributed by atoms with E-state index in [1.54, 1.807) is 7.11 Å². The van der Waals surface area contributed by atoms with E-state index in [0.29, 0.717) is 17.6 Å². The number of rotatable bonds is 6. The van der Waals surface area contributed by atoms with E-state index in [-0.39, 0.29) is 17.4 Å². The first-order valence-electron chi connectivity index (χ1n) is 10.9. The maximum Gasteiger partial charge on any atom is 0.138 e. The topological polar surface area (TPSA) is 38.3 Å². The number of fused-ring (bicyclic) bond motifs is 3.